The number of rotatable bonds is 6. The molecule has 132 valence electrons. The van der Waals surface area contributed by atoms with E-state index in [1.807, 2.05) is 30.1 Å². The van der Waals surface area contributed by atoms with Crippen molar-refractivity contribution in [3.8, 4) is 0 Å². The van der Waals surface area contributed by atoms with E-state index in [4.69, 9.17) is 0 Å². The highest BCUT2D eigenvalue weighted by molar-refractivity contribution is 5.78. The molecule has 0 radical (unpaired) electrons. The molecule has 1 aliphatic rings. The molecule has 2 aromatic heterocycles. The van der Waals surface area contributed by atoms with Gasteiger partial charge in [0, 0.05) is 44.3 Å². The zero-order valence-electron chi connectivity index (χ0n) is 14.5. The molecule has 0 aliphatic carbocycles. The van der Waals surface area contributed by atoms with Crippen LogP contribution in [0.3, 0.4) is 0 Å². The maximum absolute atomic E-state index is 12.3. The van der Waals surface area contributed by atoms with Gasteiger partial charge in [0.1, 0.15) is 5.82 Å². The second-order valence-corrected chi connectivity index (χ2v) is 6.39. The minimum Gasteiger partial charge on any atom is -0.355 e. The molecular formula is C18H24N6O. The predicted octanol–water partition coefficient (Wildman–Crippen LogP) is 1.09. The summed E-state index contributed by atoms with van der Waals surface area (Å²) in [6.07, 6.45) is 8.79. The average molecular weight is 340 g/mol. The summed E-state index contributed by atoms with van der Waals surface area (Å²) in [6.45, 7) is 2.81. The first kappa shape index (κ1) is 17.3. The van der Waals surface area contributed by atoms with Gasteiger partial charge in [0.05, 0.1) is 18.4 Å². The van der Waals surface area contributed by atoms with Crippen molar-refractivity contribution >= 4 is 11.7 Å². The van der Waals surface area contributed by atoms with E-state index in [1.54, 1.807) is 24.8 Å². The number of hydrogen-bond donors (Lipinski definition) is 1. The third-order valence-electron chi connectivity index (χ3n) is 4.31. The molecule has 0 aromatic carbocycles. The molecule has 7 heteroatoms. The lowest BCUT2D eigenvalue weighted by Crippen LogP contribution is -2.47. The van der Waals surface area contributed by atoms with E-state index < -0.39 is 0 Å². The molecule has 1 amide bonds. The molecular weight excluding hydrogens is 316 g/mol. The Morgan fingerprint density at radius 2 is 2.08 bits per heavy atom. The highest BCUT2D eigenvalue weighted by Crippen LogP contribution is 2.16. The molecule has 1 N–H and O–H groups in total. The van der Waals surface area contributed by atoms with Crippen LogP contribution < -0.4 is 10.2 Å². The van der Waals surface area contributed by atoms with Crippen molar-refractivity contribution in [1.29, 1.82) is 0 Å². The summed E-state index contributed by atoms with van der Waals surface area (Å²) in [5, 5.41) is 3.14. The van der Waals surface area contributed by atoms with E-state index in [-0.39, 0.29) is 11.9 Å². The Morgan fingerprint density at radius 3 is 2.76 bits per heavy atom. The first-order chi connectivity index (χ1) is 12.2. The normalized spacial score (nSPS) is 15.4. The monoisotopic (exact) mass is 340 g/mol. The summed E-state index contributed by atoms with van der Waals surface area (Å²) >= 11 is 0. The van der Waals surface area contributed by atoms with Crippen LogP contribution in [-0.4, -0.2) is 58.5 Å². The number of nitrogens with zero attached hydrogens (tertiary/aromatic N) is 5. The van der Waals surface area contributed by atoms with Crippen molar-refractivity contribution in [2.24, 2.45) is 0 Å². The highest BCUT2D eigenvalue weighted by atomic mass is 16.2. The second-order valence-electron chi connectivity index (χ2n) is 6.39. The van der Waals surface area contributed by atoms with Crippen molar-refractivity contribution in [2.75, 3.05) is 31.6 Å². The molecule has 3 rings (SSSR count). The van der Waals surface area contributed by atoms with Crippen LogP contribution in [0.1, 0.15) is 18.5 Å². The third-order valence-corrected chi connectivity index (χ3v) is 4.31. The average Bonchev–Trinajstić information content (AvgIpc) is 2.63. The van der Waals surface area contributed by atoms with Gasteiger partial charge in [-0.2, -0.15) is 0 Å². The maximum Gasteiger partial charge on any atom is 0.234 e. The van der Waals surface area contributed by atoms with Crippen molar-refractivity contribution in [3.63, 3.8) is 0 Å². The second kappa shape index (κ2) is 8.53. The van der Waals surface area contributed by atoms with E-state index in [0.29, 0.717) is 13.1 Å². The predicted molar refractivity (Wildman–Crippen MR) is 96.0 cm³/mol. The standard InChI is InChI=1S/C18H24N6O/c1-23(13-16-4-2-3-7-20-16)14-18(25)22-15-5-10-24(11-6-15)17-12-19-8-9-21-17/h2-4,7-9,12,15H,5-6,10-11,13-14H2,1H3,(H,22,25). The lowest BCUT2D eigenvalue weighted by Gasteiger charge is -2.33. The van der Waals surface area contributed by atoms with Crippen LogP contribution in [0.25, 0.3) is 0 Å². The van der Waals surface area contributed by atoms with Gasteiger partial charge in [0.15, 0.2) is 0 Å². The summed E-state index contributed by atoms with van der Waals surface area (Å²) in [5.41, 5.74) is 0.968. The SMILES string of the molecule is CN(CC(=O)NC1CCN(c2cnccn2)CC1)Cc1ccccn1. The Morgan fingerprint density at radius 1 is 1.24 bits per heavy atom. The minimum absolute atomic E-state index is 0.0661. The molecule has 1 saturated heterocycles. The number of nitrogens with one attached hydrogen (secondary N) is 1. The van der Waals surface area contributed by atoms with Crippen molar-refractivity contribution < 1.29 is 4.79 Å². The van der Waals surface area contributed by atoms with Crippen LogP contribution in [0.2, 0.25) is 0 Å². The van der Waals surface area contributed by atoms with Gasteiger partial charge in [-0.05, 0) is 32.0 Å². The lowest BCUT2D eigenvalue weighted by molar-refractivity contribution is -0.122. The van der Waals surface area contributed by atoms with Crippen LogP contribution in [-0.2, 0) is 11.3 Å². The van der Waals surface area contributed by atoms with Gasteiger partial charge >= 0.3 is 0 Å². The van der Waals surface area contributed by atoms with E-state index >= 15 is 0 Å². The topological polar surface area (TPSA) is 74.2 Å². The van der Waals surface area contributed by atoms with Crippen LogP contribution in [0.15, 0.2) is 43.0 Å². The van der Waals surface area contributed by atoms with E-state index in [2.05, 4.69) is 25.2 Å². The molecule has 0 saturated carbocycles. The highest BCUT2D eigenvalue weighted by Gasteiger charge is 2.22. The largest absolute Gasteiger partial charge is 0.355 e. The zero-order chi connectivity index (χ0) is 17.5. The van der Waals surface area contributed by atoms with Gasteiger partial charge in [-0.3, -0.25) is 19.7 Å². The number of likely N-dealkylation sites (N-methyl/N-ethyl adjacent to an activating group) is 1. The first-order valence-corrected chi connectivity index (χ1v) is 8.59. The first-order valence-electron chi connectivity index (χ1n) is 8.59. The zero-order valence-corrected chi connectivity index (χ0v) is 14.5. The molecule has 0 spiro atoms. The van der Waals surface area contributed by atoms with Gasteiger partial charge < -0.3 is 10.2 Å². The number of carbonyl (C=O) groups is 1. The molecule has 3 heterocycles. The molecule has 7 nitrogen and oxygen atoms in total. The fraction of sp³-hybridized carbons (Fsp3) is 0.444. The summed E-state index contributed by atoms with van der Waals surface area (Å²) in [5.74, 6) is 0.971. The fourth-order valence-electron chi connectivity index (χ4n) is 3.05. The van der Waals surface area contributed by atoms with Crippen LogP contribution in [0, 0.1) is 0 Å². The lowest BCUT2D eigenvalue weighted by atomic mass is 10.1. The Balaban J connectivity index is 1.40. The Labute approximate surface area is 148 Å². The number of pyridine rings is 1. The Bertz CT molecular complexity index is 658. The number of hydrogen-bond acceptors (Lipinski definition) is 6. The molecule has 1 fully saturated rings. The molecule has 1 aliphatic heterocycles. The number of aromatic nitrogens is 3. The Kier molecular flexibility index (Phi) is 5.90. The van der Waals surface area contributed by atoms with Crippen LogP contribution >= 0.6 is 0 Å². The van der Waals surface area contributed by atoms with Gasteiger partial charge in [0.25, 0.3) is 0 Å². The van der Waals surface area contributed by atoms with Crippen molar-refractivity contribution in [2.45, 2.75) is 25.4 Å². The molecule has 0 bridgehead atoms. The molecule has 0 unspecified atom stereocenters. The van der Waals surface area contributed by atoms with Crippen molar-refractivity contribution in [1.82, 2.24) is 25.2 Å². The van der Waals surface area contributed by atoms with E-state index in [0.717, 1.165) is 37.4 Å². The molecule has 2 aromatic rings. The smallest absolute Gasteiger partial charge is 0.234 e. The summed E-state index contributed by atoms with van der Waals surface area (Å²) in [6, 6.07) is 6.05. The van der Waals surface area contributed by atoms with Gasteiger partial charge in [0.2, 0.25) is 5.91 Å². The number of amides is 1. The maximum atomic E-state index is 12.3. The van der Waals surface area contributed by atoms with Gasteiger partial charge in [-0.25, -0.2) is 4.98 Å². The van der Waals surface area contributed by atoms with Gasteiger partial charge in [-0.1, -0.05) is 6.07 Å². The quantitative estimate of drug-likeness (QED) is 0.848. The molecule has 0 atom stereocenters. The van der Waals surface area contributed by atoms with Gasteiger partial charge in [-0.15, -0.1) is 0 Å². The fourth-order valence-corrected chi connectivity index (χ4v) is 3.05. The third kappa shape index (κ3) is 5.22. The van der Waals surface area contributed by atoms with Crippen molar-refractivity contribution in [3.05, 3.63) is 48.7 Å². The number of carbonyl (C=O) groups excluding carboxylic acids is 1. The summed E-state index contributed by atoms with van der Waals surface area (Å²) in [4.78, 5) is 29.2. The Hall–Kier alpha value is -2.54. The summed E-state index contributed by atoms with van der Waals surface area (Å²) < 4.78 is 0. The van der Waals surface area contributed by atoms with Crippen LogP contribution in [0.5, 0.6) is 0 Å². The number of piperidine rings is 1. The number of anilines is 1. The van der Waals surface area contributed by atoms with Crippen LogP contribution in [0.4, 0.5) is 5.82 Å². The van der Waals surface area contributed by atoms with E-state index in [1.165, 1.54) is 0 Å². The minimum atomic E-state index is 0.0661. The summed E-state index contributed by atoms with van der Waals surface area (Å²) in [7, 11) is 1.94. The molecule has 25 heavy (non-hydrogen) atoms. The van der Waals surface area contributed by atoms with E-state index in [9.17, 15) is 4.79 Å².